The van der Waals surface area contributed by atoms with E-state index in [-0.39, 0.29) is 17.9 Å². The van der Waals surface area contributed by atoms with Gasteiger partial charge in [0.15, 0.2) is 0 Å². The van der Waals surface area contributed by atoms with Gasteiger partial charge >= 0.3 is 0 Å². The van der Waals surface area contributed by atoms with Gasteiger partial charge in [-0.3, -0.25) is 9.59 Å². The van der Waals surface area contributed by atoms with Crippen molar-refractivity contribution in [3.63, 3.8) is 0 Å². The Morgan fingerprint density at radius 2 is 1.81 bits per heavy atom. The number of amides is 1. The van der Waals surface area contributed by atoms with Crippen molar-refractivity contribution in [3.8, 4) is 11.5 Å². The number of benzene rings is 2. The van der Waals surface area contributed by atoms with E-state index in [1.165, 1.54) is 0 Å². The highest BCUT2D eigenvalue weighted by molar-refractivity contribution is 6.30. The summed E-state index contributed by atoms with van der Waals surface area (Å²) in [7, 11) is 0. The average Bonchev–Trinajstić information content (AvgIpc) is 3.19. The molecule has 4 rings (SSSR count). The molecule has 6 nitrogen and oxygen atoms in total. The minimum Gasteiger partial charge on any atom is -0.457 e. The van der Waals surface area contributed by atoms with E-state index in [0.29, 0.717) is 33.2 Å². The molecular weight excluding hydrogens is 366 g/mol. The van der Waals surface area contributed by atoms with Crippen LogP contribution in [0.3, 0.4) is 0 Å². The second-order valence-electron chi connectivity index (χ2n) is 6.51. The Labute approximate surface area is 160 Å². The highest BCUT2D eigenvalue weighted by Crippen LogP contribution is 2.25. The minimum atomic E-state index is -0.286. The number of hydrogen-bond acceptors (Lipinski definition) is 4. The summed E-state index contributed by atoms with van der Waals surface area (Å²) in [6.45, 7) is 1.56. The van der Waals surface area contributed by atoms with Gasteiger partial charge in [-0.15, -0.1) is 0 Å². The van der Waals surface area contributed by atoms with Crippen LogP contribution in [0, 0.1) is 0 Å². The number of aromatic amines is 1. The summed E-state index contributed by atoms with van der Waals surface area (Å²) in [6, 6.07) is 12.1. The van der Waals surface area contributed by atoms with Crippen LogP contribution in [0.15, 0.2) is 47.3 Å². The third-order valence-corrected chi connectivity index (χ3v) is 4.80. The number of nitrogens with one attached hydrogen (secondary N) is 1. The Kier molecular flexibility index (Phi) is 4.81. The molecule has 27 heavy (non-hydrogen) atoms. The molecule has 0 bridgehead atoms. The molecule has 1 aliphatic heterocycles. The van der Waals surface area contributed by atoms with Gasteiger partial charge in [0, 0.05) is 18.1 Å². The summed E-state index contributed by atoms with van der Waals surface area (Å²) in [6.07, 6.45) is 2.17. The number of likely N-dealkylation sites (tertiary alicyclic amines) is 1. The van der Waals surface area contributed by atoms with Crippen LogP contribution in [0.25, 0.3) is 10.9 Å². The van der Waals surface area contributed by atoms with Crippen LogP contribution in [-0.2, 0) is 11.2 Å². The number of halogens is 1. The largest absolute Gasteiger partial charge is 0.457 e. The topological polar surface area (TPSA) is 75.3 Å². The normalized spacial score (nSPS) is 13.9. The van der Waals surface area contributed by atoms with Crippen LogP contribution in [0.4, 0.5) is 0 Å². The van der Waals surface area contributed by atoms with Crippen molar-refractivity contribution < 1.29 is 9.53 Å². The van der Waals surface area contributed by atoms with E-state index in [2.05, 4.69) is 9.97 Å². The Morgan fingerprint density at radius 1 is 1.11 bits per heavy atom. The molecule has 1 N–H and O–H groups in total. The van der Waals surface area contributed by atoms with Gasteiger partial charge in [0.2, 0.25) is 5.91 Å². The van der Waals surface area contributed by atoms with Crippen LogP contribution < -0.4 is 10.3 Å². The highest BCUT2D eigenvalue weighted by atomic mass is 35.5. The van der Waals surface area contributed by atoms with Crippen molar-refractivity contribution in [3.05, 3.63) is 63.7 Å². The molecule has 0 radical (unpaired) electrons. The standard InChI is InChI=1S/C20H18ClN3O3/c21-13-3-5-14(6-4-13)27-15-7-8-17-16(11-15)20(26)23-18(22-17)12-19(25)24-9-1-2-10-24/h3-8,11H,1-2,9-10,12H2,(H,22,23,26). The first-order valence-electron chi connectivity index (χ1n) is 8.83. The molecule has 1 aliphatic rings. The van der Waals surface area contributed by atoms with Gasteiger partial charge in [0.25, 0.3) is 5.56 Å². The zero-order valence-corrected chi connectivity index (χ0v) is 15.3. The van der Waals surface area contributed by atoms with E-state index in [1.807, 2.05) is 4.90 Å². The fourth-order valence-corrected chi connectivity index (χ4v) is 3.30. The fourth-order valence-electron chi connectivity index (χ4n) is 3.17. The number of aromatic nitrogens is 2. The van der Waals surface area contributed by atoms with Crippen LogP contribution in [-0.4, -0.2) is 33.9 Å². The predicted molar refractivity (Wildman–Crippen MR) is 103 cm³/mol. The second kappa shape index (κ2) is 7.40. The van der Waals surface area contributed by atoms with Crippen LogP contribution in [0.5, 0.6) is 11.5 Å². The quantitative estimate of drug-likeness (QED) is 0.747. The average molecular weight is 384 g/mol. The Hall–Kier alpha value is -2.86. The number of carbonyl (C=O) groups excluding carboxylic acids is 1. The molecule has 0 spiro atoms. The Balaban J connectivity index is 1.57. The molecule has 0 aliphatic carbocycles. The number of nitrogens with zero attached hydrogens (tertiary/aromatic N) is 2. The van der Waals surface area contributed by atoms with Gasteiger partial charge in [-0.1, -0.05) is 11.6 Å². The minimum absolute atomic E-state index is 0.00214. The van der Waals surface area contributed by atoms with Gasteiger partial charge in [-0.05, 0) is 55.3 Å². The van der Waals surface area contributed by atoms with Gasteiger partial charge < -0.3 is 14.6 Å². The summed E-state index contributed by atoms with van der Waals surface area (Å²) >= 11 is 5.87. The van der Waals surface area contributed by atoms with E-state index in [9.17, 15) is 9.59 Å². The number of carbonyl (C=O) groups is 1. The third kappa shape index (κ3) is 3.95. The van der Waals surface area contributed by atoms with E-state index >= 15 is 0 Å². The van der Waals surface area contributed by atoms with E-state index in [4.69, 9.17) is 16.3 Å². The third-order valence-electron chi connectivity index (χ3n) is 4.55. The molecule has 1 saturated heterocycles. The smallest absolute Gasteiger partial charge is 0.258 e. The van der Waals surface area contributed by atoms with Gasteiger partial charge in [0.1, 0.15) is 17.3 Å². The maximum absolute atomic E-state index is 12.5. The van der Waals surface area contributed by atoms with Crippen molar-refractivity contribution in [1.29, 1.82) is 0 Å². The highest BCUT2D eigenvalue weighted by Gasteiger charge is 2.19. The fraction of sp³-hybridized carbons (Fsp3) is 0.250. The number of ether oxygens (including phenoxy) is 1. The number of H-pyrrole nitrogens is 1. The molecule has 1 amide bonds. The summed E-state index contributed by atoms with van der Waals surface area (Å²) in [5.74, 6) is 1.53. The van der Waals surface area contributed by atoms with Gasteiger partial charge in [-0.2, -0.15) is 0 Å². The van der Waals surface area contributed by atoms with E-state index < -0.39 is 0 Å². The molecule has 2 heterocycles. The summed E-state index contributed by atoms with van der Waals surface area (Å²) < 4.78 is 5.76. The molecule has 2 aromatic carbocycles. The predicted octanol–water partition coefficient (Wildman–Crippen LogP) is 3.53. The molecule has 138 valence electrons. The lowest BCUT2D eigenvalue weighted by atomic mass is 10.2. The van der Waals surface area contributed by atoms with Crippen molar-refractivity contribution in [2.24, 2.45) is 0 Å². The second-order valence-corrected chi connectivity index (χ2v) is 6.95. The molecule has 0 saturated carbocycles. The summed E-state index contributed by atoms with van der Waals surface area (Å²) in [5, 5.41) is 1.04. The molecule has 7 heteroatoms. The molecule has 1 fully saturated rings. The maximum Gasteiger partial charge on any atom is 0.258 e. The first kappa shape index (κ1) is 17.5. The SMILES string of the molecule is O=C(Cc1nc2ccc(Oc3ccc(Cl)cc3)cc2c(=O)[nH]1)N1CCCC1. The van der Waals surface area contributed by atoms with Crippen molar-refractivity contribution in [1.82, 2.24) is 14.9 Å². The lowest BCUT2D eigenvalue weighted by Gasteiger charge is -2.14. The lowest BCUT2D eigenvalue weighted by molar-refractivity contribution is -0.129. The molecule has 0 unspecified atom stereocenters. The van der Waals surface area contributed by atoms with E-state index in [1.54, 1.807) is 42.5 Å². The van der Waals surface area contributed by atoms with Gasteiger partial charge in [0.05, 0.1) is 17.3 Å². The van der Waals surface area contributed by atoms with Crippen molar-refractivity contribution >= 4 is 28.4 Å². The van der Waals surface area contributed by atoms with Gasteiger partial charge in [-0.25, -0.2) is 4.98 Å². The molecule has 3 aromatic rings. The summed E-state index contributed by atoms with van der Waals surface area (Å²) in [5.41, 5.74) is 0.247. The monoisotopic (exact) mass is 383 g/mol. The van der Waals surface area contributed by atoms with Crippen LogP contribution >= 0.6 is 11.6 Å². The zero-order chi connectivity index (χ0) is 18.8. The number of hydrogen-bond donors (Lipinski definition) is 1. The number of fused-ring (bicyclic) bond motifs is 1. The van der Waals surface area contributed by atoms with E-state index in [0.717, 1.165) is 25.9 Å². The zero-order valence-electron chi connectivity index (χ0n) is 14.6. The summed E-state index contributed by atoms with van der Waals surface area (Å²) in [4.78, 5) is 33.7. The molecular formula is C20H18ClN3O3. The lowest BCUT2D eigenvalue weighted by Crippen LogP contribution is -2.30. The Morgan fingerprint density at radius 3 is 2.56 bits per heavy atom. The molecule has 1 aromatic heterocycles. The number of rotatable bonds is 4. The van der Waals surface area contributed by atoms with Crippen molar-refractivity contribution in [2.45, 2.75) is 19.3 Å². The molecule has 0 atom stereocenters. The van der Waals surface area contributed by atoms with Crippen molar-refractivity contribution in [2.75, 3.05) is 13.1 Å². The Bertz CT molecular complexity index is 1040. The first-order chi connectivity index (χ1) is 13.1. The van der Waals surface area contributed by atoms with Crippen LogP contribution in [0.2, 0.25) is 5.02 Å². The maximum atomic E-state index is 12.5. The van der Waals surface area contributed by atoms with Crippen LogP contribution in [0.1, 0.15) is 18.7 Å². The first-order valence-corrected chi connectivity index (χ1v) is 9.20.